The second-order valence-corrected chi connectivity index (χ2v) is 10.7. The van der Waals surface area contributed by atoms with E-state index in [9.17, 15) is 13.2 Å². The topological polar surface area (TPSA) is 75.7 Å². The molecule has 0 saturated carbocycles. The van der Waals surface area contributed by atoms with Crippen LogP contribution in [0, 0.1) is 6.92 Å². The lowest BCUT2D eigenvalue weighted by atomic mass is 10.0. The fourth-order valence-electron chi connectivity index (χ4n) is 4.30. The number of amides is 1. The summed E-state index contributed by atoms with van der Waals surface area (Å²) >= 11 is 0. The zero-order valence-electron chi connectivity index (χ0n) is 20.3. The van der Waals surface area contributed by atoms with Crippen LogP contribution in [0.25, 0.3) is 0 Å². The van der Waals surface area contributed by atoms with Crippen LogP contribution in [0.1, 0.15) is 42.9 Å². The highest BCUT2D eigenvalue weighted by Crippen LogP contribution is 2.33. The zero-order chi connectivity index (χ0) is 24.8. The number of rotatable bonds is 9. The molecule has 0 aromatic heterocycles. The lowest BCUT2D eigenvalue weighted by Crippen LogP contribution is -2.35. The summed E-state index contributed by atoms with van der Waals surface area (Å²) < 4.78 is 34.0. The minimum atomic E-state index is -3.70. The molecular formula is C28H32N2O4S. The van der Waals surface area contributed by atoms with E-state index in [-0.39, 0.29) is 17.4 Å². The number of nitrogens with zero attached hydrogens (tertiary/aromatic N) is 1. The van der Waals surface area contributed by atoms with E-state index in [0.29, 0.717) is 17.9 Å². The maximum atomic E-state index is 13.4. The van der Waals surface area contributed by atoms with E-state index >= 15 is 0 Å². The van der Waals surface area contributed by atoms with Gasteiger partial charge in [0.05, 0.1) is 10.6 Å². The van der Waals surface area contributed by atoms with Gasteiger partial charge in [0.1, 0.15) is 5.75 Å². The van der Waals surface area contributed by atoms with E-state index in [4.69, 9.17) is 4.74 Å². The van der Waals surface area contributed by atoms with Crippen LogP contribution in [0.15, 0.2) is 71.6 Å². The third-order valence-corrected chi connectivity index (χ3v) is 8.03. The summed E-state index contributed by atoms with van der Waals surface area (Å²) in [5, 5.41) is 2.84. The highest BCUT2D eigenvalue weighted by Gasteiger charge is 2.29. The van der Waals surface area contributed by atoms with E-state index in [2.05, 4.69) is 12.2 Å². The molecule has 4 rings (SSSR count). The highest BCUT2D eigenvalue weighted by molar-refractivity contribution is 7.92. The first-order valence-electron chi connectivity index (χ1n) is 12.1. The van der Waals surface area contributed by atoms with Crippen LogP contribution in [-0.4, -0.2) is 27.5 Å². The molecule has 1 N–H and O–H groups in total. The van der Waals surface area contributed by atoms with Gasteiger partial charge in [0.15, 0.2) is 6.61 Å². The van der Waals surface area contributed by atoms with Crippen LogP contribution in [0.4, 0.5) is 11.4 Å². The third kappa shape index (κ3) is 5.85. The summed E-state index contributed by atoms with van der Waals surface area (Å²) in [6, 6.07) is 20.2. The molecular weight excluding hydrogens is 460 g/mol. The van der Waals surface area contributed by atoms with Crippen LogP contribution < -0.4 is 14.4 Å². The molecule has 1 amide bonds. The Kier molecular flexibility index (Phi) is 7.76. The summed E-state index contributed by atoms with van der Waals surface area (Å²) in [6.07, 6.45) is 4.98. The van der Waals surface area contributed by atoms with Crippen molar-refractivity contribution in [3.8, 4) is 5.75 Å². The van der Waals surface area contributed by atoms with Gasteiger partial charge in [0, 0.05) is 12.2 Å². The monoisotopic (exact) mass is 492 g/mol. The number of hydrogen-bond donors (Lipinski definition) is 1. The summed E-state index contributed by atoms with van der Waals surface area (Å²) in [5.74, 6) is 0.209. The molecule has 1 aliphatic rings. The maximum absolute atomic E-state index is 13.4. The maximum Gasteiger partial charge on any atom is 0.264 e. The van der Waals surface area contributed by atoms with Crippen molar-refractivity contribution in [3.63, 3.8) is 0 Å². The van der Waals surface area contributed by atoms with E-state index in [1.807, 2.05) is 48.5 Å². The average molecular weight is 493 g/mol. The highest BCUT2D eigenvalue weighted by atomic mass is 32.2. The van der Waals surface area contributed by atoms with Crippen LogP contribution in [0.2, 0.25) is 0 Å². The van der Waals surface area contributed by atoms with E-state index in [1.54, 1.807) is 25.1 Å². The van der Waals surface area contributed by atoms with Gasteiger partial charge in [0.2, 0.25) is 0 Å². The summed E-state index contributed by atoms with van der Waals surface area (Å²) in [7, 11) is -3.70. The molecule has 35 heavy (non-hydrogen) atoms. The predicted molar refractivity (Wildman–Crippen MR) is 140 cm³/mol. The van der Waals surface area contributed by atoms with Gasteiger partial charge in [-0.2, -0.15) is 0 Å². The van der Waals surface area contributed by atoms with Crippen LogP contribution in [-0.2, 0) is 27.7 Å². The van der Waals surface area contributed by atoms with Crippen LogP contribution in [0.5, 0.6) is 5.75 Å². The molecule has 0 atom stereocenters. The third-order valence-electron chi connectivity index (χ3n) is 6.22. The number of ether oxygens (including phenoxy) is 1. The minimum absolute atomic E-state index is 0.163. The molecule has 6 nitrogen and oxygen atoms in total. The van der Waals surface area contributed by atoms with Gasteiger partial charge in [-0.05, 0) is 85.7 Å². The SMILES string of the molecule is CCCCc1ccc(NC(=O)COc2ccc(S(=O)(=O)N3CCCc4ccccc43)cc2C)cc1. The van der Waals surface area contributed by atoms with Crippen molar-refractivity contribution in [2.45, 2.75) is 50.8 Å². The number of carbonyl (C=O) groups is 1. The first kappa shape index (κ1) is 24.8. The summed E-state index contributed by atoms with van der Waals surface area (Å²) in [6.45, 7) is 4.24. The first-order chi connectivity index (χ1) is 16.9. The number of fused-ring (bicyclic) bond motifs is 1. The Labute approximate surface area is 208 Å². The minimum Gasteiger partial charge on any atom is -0.483 e. The molecule has 0 bridgehead atoms. The van der Waals surface area contributed by atoms with Crippen molar-refractivity contribution in [1.29, 1.82) is 0 Å². The van der Waals surface area contributed by atoms with Gasteiger partial charge >= 0.3 is 0 Å². The molecule has 0 unspecified atom stereocenters. The Morgan fingerprint density at radius 1 is 1.06 bits per heavy atom. The molecule has 0 saturated heterocycles. The predicted octanol–water partition coefficient (Wildman–Crippen LogP) is 5.50. The molecule has 3 aromatic carbocycles. The number of hydrogen-bond acceptors (Lipinski definition) is 4. The molecule has 0 fully saturated rings. The van der Waals surface area contributed by atoms with Gasteiger partial charge < -0.3 is 10.1 Å². The molecule has 0 spiro atoms. The number of nitrogens with one attached hydrogen (secondary N) is 1. The number of carbonyl (C=O) groups excluding carboxylic acids is 1. The van der Waals surface area contributed by atoms with Crippen molar-refractivity contribution >= 4 is 27.3 Å². The Morgan fingerprint density at radius 2 is 1.83 bits per heavy atom. The molecule has 3 aromatic rings. The molecule has 1 aliphatic heterocycles. The lowest BCUT2D eigenvalue weighted by molar-refractivity contribution is -0.118. The largest absolute Gasteiger partial charge is 0.483 e. The van der Waals surface area contributed by atoms with Crippen molar-refractivity contribution in [2.24, 2.45) is 0 Å². The van der Waals surface area contributed by atoms with Crippen LogP contribution in [0.3, 0.4) is 0 Å². The van der Waals surface area contributed by atoms with Gasteiger partial charge in [-0.1, -0.05) is 43.7 Å². The van der Waals surface area contributed by atoms with Gasteiger partial charge in [-0.25, -0.2) is 8.42 Å². The zero-order valence-corrected chi connectivity index (χ0v) is 21.1. The van der Waals surface area contributed by atoms with Crippen LogP contribution >= 0.6 is 0 Å². The number of sulfonamides is 1. The van der Waals surface area contributed by atoms with E-state index < -0.39 is 10.0 Å². The van der Waals surface area contributed by atoms with Crippen molar-refractivity contribution in [1.82, 2.24) is 0 Å². The molecule has 0 aliphatic carbocycles. The Morgan fingerprint density at radius 3 is 2.57 bits per heavy atom. The van der Waals surface area contributed by atoms with E-state index in [0.717, 1.165) is 49.0 Å². The average Bonchev–Trinajstić information content (AvgIpc) is 2.87. The Bertz CT molecular complexity index is 1290. The fourth-order valence-corrected chi connectivity index (χ4v) is 5.92. The summed E-state index contributed by atoms with van der Waals surface area (Å²) in [5.41, 5.74) is 4.41. The number of para-hydroxylation sites is 1. The van der Waals surface area contributed by atoms with Gasteiger partial charge in [0.25, 0.3) is 15.9 Å². The second kappa shape index (κ2) is 11.0. The smallest absolute Gasteiger partial charge is 0.264 e. The van der Waals surface area contributed by atoms with Crippen molar-refractivity contribution < 1.29 is 17.9 Å². The molecule has 7 heteroatoms. The number of aryl methyl sites for hydroxylation is 3. The first-order valence-corrected chi connectivity index (χ1v) is 13.6. The Hall–Kier alpha value is -3.32. The van der Waals surface area contributed by atoms with Gasteiger partial charge in [-0.15, -0.1) is 0 Å². The fraction of sp³-hybridized carbons (Fsp3) is 0.321. The molecule has 1 heterocycles. The molecule has 0 radical (unpaired) electrons. The summed E-state index contributed by atoms with van der Waals surface area (Å²) in [4.78, 5) is 12.6. The van der Waals surface area contributed by atoms with Gasteiger partial charge in [-0.3, -0.25) is 9.10 Å². The number of benzene rings is 3. The quantitative estimate of drug-likeness (QED) is 0.428. The van der Waals surface area contributed by atoms with Crippen molar-refractivity contribution in [2.75, 3.05) is 22.8 Å². The lowest BCUT2D eigenvalue weighted by Gasteiger charge is -2.30. The van der Waals surface area contributed by atoms with Crippen molar-refractivity contribution in [3.05, 3.63) is 83.4 Å². The number of anilines is 2. The second-order valence-electron chi connectivity index (χ2n) is 8.87. The standard InChI is InChI=1S/C28H32N2O4S/c1-3-4-8-22-12-14-24(15-13-22)29-28(31)20-34-27-17-16-25(19-21(27)2)35(32,33)30-18-7-10-23-9-5-6-11-26(23)30/h5-6,9,11-17,19H,3-4,7-8,10,18,20H2,1-2H3,(H,29,31). The Balaban J connectivity index is 1.39. The number of unbranched alkanes of at least 4 members (excludes halogenated alkanes) is 1. The molecule has 184 valence electrons. The normalized spacial score (nSPS) is 13.3. The van der Waals surface area contributed by atoms with E-state index in [1.165, 1.54) is 9.87 Å².